The van der Waals surface area contributed by atoms with Crippen molar-refractivity contribution in [2.24, 2.45) is 0 Å². The Hall–Kier alpha value is -0.250. The van der Waals surface area contributed by atoms with Crippen LogP contribution in [0.15, 0.2) is 32.3 Å². The zero-order valence-corrected chi connectivity index (χ0v) is 14.2. The molecule has 0 bridgehead atoms. The van der Waals surface area contributed by atoms with Crippen molar-refractivity contribution in [3.05, 3.63) is 37.1 Å². The second kappa shape index (κ2) is 6.47. The number of thiophene rings is 2. The maximum atomic E-state index is 12.2. The second-order valence-electron chi connectivity index (χ2n) is 3.78. The van der Waals surface area contributed by atoms with Crippen molar-refractivity contribution in [3.8, 4) is 0 Å². The highest BCUT2D eigenvalue weighted by Gasteiger charge is 2.20. The normalized spacial score (nSPS) is 11.9. The maximum Gasteiger partial charge on any atom is 0.242 e. The summed E-state index contributed by atoms with van der Waals surface area (Å²) < 4.78 is 27.7. The van der Waals surface area contributed by atoms with E-state index in [1.807, 2.05) is 24.6 Å². The first kappa shape index (κ1) is 15.1. The van der Waals surface area contributed by atoms with Crippen molar-refractivity contribution in [1.82, 2.24) is 10.0 Å². The molecular formula is C11H13BrN2O2S3. The zero-order chi connectivity index (χ0) is 13.9. The molecule has 0 saturated heterocycles. The first-order valence-corrected chi connectivity index (χ1v) is 9.45. The fraction of sp³-hybridized carbons (Fsp3) is 0.273. The average molecular weight is 381 g/mol. The highest BCUT2D eigenvalue weighted by molar-refractivity contribution is 9.11. The molecule has 19 heavy (non-hydrogen) atoms. The van der Waals surface area contributed by atoms with E-state index in [9.17, 15) is 8.42 Å². The molecule has 8 heteroatoms. The molecule has 2 aromatic heterocycles. The molecule has 2 rings (SSSR count). The van der Waals surface area contributed by atoms with Gasteiger partial charge in [0.2, 0.25) is 10.0 Å². The van der Waals surface area contributed by atoms with Crippen molar-refractivity contribution in [2.45, 2.75) is 18.0 Å². The van der Waals surface area contributed by atoms with Crippen LogP contribution in [0.5, 0.6) is 0 Å². The minimum absolute atomic E-state index is 0.305. The summed E-state index contributed by atoms with van der Waals surface area (Å²) in [7, 11) is -1.64. The molecule has 0 aliphatic carbocycles. The molecule has 0 spiro atoms. The van der Waals surface area contributed by atoms with Gasteiger partial charge < -0.3 is 5.32 Å². The van der Waals surface area contributed by atoms with Gasteiger partial charge in [0.25, 0.3) is 0 Å². The number of sulfonamides is 1. The summed E-state index contributed by atoms with van der Waals surface area (Å²) in [5.41, 5.74) is 0. The van der Waals surface area contributed by atoms with Crippen LogP contribution in [-0.2, 0) is 23.1 Å². The molecule has 0 aliphatic rings. The molecule has 0 radical (unpaired) electrons. The Balaban J connectivity index is 2.14. The second-order valence-corrected chi connectivity index (χ2v) is 9.01. The van der Waals surface area contributed by atoms with Gasteiger partial charge in [-0.3, -0.25) is 0 Å². The Morgan fingerprint density at radius 1 is 1.32 bits per heavy atom. The summed E-state index contributed by atoms with van der Waals surface area (Å²) in [5, 5.41) is 4.93. The van der Waals surface area contributed by atoms with Crippen LogP contribution in [0.4, 0.5) is 0 Å². The number of hydrogen-bond acceptors (Lipinski definition) is 5. The Bertz CT molecular complexity index is 635. The van der Waals surface area contributed by atoms with Crippen LogP contribution in [0.25, 0.3) is 0 Å². The maximum absolute atomic E-state index is 12.2. The number of rotatable bonds is 6. The van der Waals surface area contributed by atoms with Crippen LogP contribution < -0.4 is 10.0 Å². The van der Waals surface area contributed by atoms with Gasteiger partial charge in [-0.05, 0) is 40.5 Å². The molecule has 0 unspecified atom stereocenters. The van der Waals surface area contributed by atoms with Gasteiger partial charge in [-0.15, -0.1) is 22.7 Å². The first-order valence-electron chi connectivity index (χ1n) is 5.48. The van der Waals surface area contributed by atoms with Crippen LogP contribution in [0.3, 0.4) is 0 Å². The Kier molecular flexibility index (Phi) is 5.15. The number of halogens is 1. The van der Waals surface area contributed by atoms with Gasteiger partial charge in [0.1, 0.15) is 4.90 Å². The monoisotopic (exact) mass is 380 g/mol. The molecule has 104 valence electrons. The standard InChI is InChI=1S/C11H13BrN2O2S3/c1-13-6-9-5-10(11(12)18-9)19(15,16)14-7-8-3-2-4-17-8/h2-5,13-14H,6-7H2,1H3. The van der Waals surface area contributed by atoms with Crippen LogP contribution >= 0.6 is 38.6 Å². The van der Waals surface area contributed by atoms with E-state index < -0.39 is 10.0 Å². The first-order chi connectivity index (χ1) is 9.03. The summed E-state index contributed by atoms with van der Waals surface area (Å²) in [4.78, 5) is 2.27. The van der Waals surface area contributed by atoms with E-state index in [1.54, 1.807) is 6.07 Å². The summed E-state index contributed by atoms with van der Waals surface area (Å²) in [5.74, 6) is 0. The lowest BCUT2D eigenvalue weighted by atomic mass is 10.5. The van der Waals surface area contributed by atoms with Gasteiger partial charge in [-0.2, -0.15) is 0 Å². The highest BCUT2D eigenvalue weighted by atomic mass is 79.9. The summed E-state index contributed by atoms with van der Waals surface area (Å²) in [6.07, 6.45) is 0. The third-order valence-electron chi connectivity index (χ3n) is 2.36. The molecule has 0 saturated carbocycles. The summed E-state index contributed by atoms with van der Waals surface area (Å²) in [6.45, 7) is 0.980. The van der Waals surface area contributed by atoms with Gasteiger partial charge in [0.05, 0.1) is 3.79 Å². The van der Waals surface area contributed by atoms with Crippen molar-refractivity contribution < 1.29 is 8.42 Å². The molecule has 2 N–H and O–H groups in total. The number of nitrogens with one attached hydrogen (secondary N) is 2. The Morgan fingerprint density at radius 3 is 2.74 bits per heavy atom. The van der Waals surface area contributed by atoms with Crippen LogP contribution in [0.1, 0.15) is 9.75 Å². The van der Waals surface area contributed by atoms with E-state index in [4.69, 9.17) is 0 Å². The Labute approximate surface area is 129 Å². The molecule has 0 amide bonds. The molecule has 2 heterocycles. The summed E-state index contributed by atoms with van der Waals surface area (Å²) >= 11 is 6.27. The minimum atomic E-state index is -3.47. The fourth-order valence-electron chi connectivity index (χ4n) is 1.50. The molecular weight excluding hydrogens is 368 g/mol. The largest absolute Gasteiger partial charge is 0.315 e. The van der Waals surface area contributed by atoms with Crippen molar-refractivity contribution >= 4 is 48.6 Å². The molecule has 4 nitrogen and oxygen atoms in total. The predicted octanol–water partition coefficient (Wildman–Crippen LogP) is 2.77. The van der Waals surface area contributed by atoms with Gasteiger partial charge in [0, 0.05) is 22.8 Å². The smallest absolute Gasteiger partial charge is 0.242 e. The quantitative estimate of drug-likeness (QED) is 0.809. The van der Waals surface area contributed by atoms with E-state index in [2.05, 4.69) is 26.0 Å². The molecule has 0 aromatic carbocycles. The van der Waals surface area contributed by atoms with Gasteiger partial charge in [0.15, 0.2) is 0 Å². The van der Waals surface area contributed by atoms with Crippen LogP contribution in [0, 0.1) is 0 Å². The third-order valence-corrected chi connectivity index (χ3v) is 6.89. The third kappa shape index (κ3) is 3.87. The lowest BCUT2D eigenvalue weighted by Gasteiger charge is -2.04. The van der Waals surface area contributed by atoms with E-state index in [0.29, 0.717) is 21.8 Å². The van der Waals surface area contributed by atoms with Gasteiger partial charge in [-0.25, -0.2) is 13.1 Å². The topological polar surface area (TPSA) is 58.2 Å². The lowest BCUT2D eigenvalue weighted by molar-refractivity contribution is 0.581. The van der Waals surface area contributed by atoms with Crippen molar-refractivity contribution in [2.75, 3.05) is 7.05 Å². The van der Waals surface area contributed by atoms with Crippen molar-refractivity contribution in [3.63, 3.8) is 0 Å². The molecule has 0 atom stereocenters. The van der Waals surface area contributed by atoms with Crippen molar-refractivity contribution in [1.29, 1.82) is 0 Å². The summed E-state index contributed by atoms with van der Waals surface area (Å²) in [6, 6.07) is 5.50. The number of hydrogen-bond donors (Lipinski definition) is 2. The van der Waals surface area contributed by atoms with E-state index >= 15 is 0 Å². The van der Waals surface area contributed by atoms with E-state index in [-0.39, 0.29) is 0 Å². The molecule has 2 aromatic rings. The Morgan fingerprint density at radius 2 is 2.11 bits per heavy atom. The zero-order valence-electron chi connectivity index (χ0n) is 10.1. The van der Waals surface area contributed by atoms with Gasteiger partial charge in [-0.1, -0.05) is 6.07 Å². The lowest BCUT2D eigenvalue weighted by Crippen LogP contribution is -2.22. The van der Waals surface area contributed by atoms with E-state index in [1.165, 1.54) is 22.7 Å². The van der Waals surface area contributed by atoms with Gasteiger partial charge >= 0.3 is 0 Å². The SMILES string of the molecule is CNCc1cc(S(=O)(=O)NCc2cccs2)c(Br)s1. The molecule has 0 fully saturated rings. The average Bonchev–Trinajstić information content (AvgIpc) is 2.97. The van der Waals surface area contributed by atoms with E-state index in [0.717, 1.165) is 9.75 Å². The predicted molar refractivity (Wildman–Crippen MR) is 83.1 cm³/mol. The molecule has 0 aliphatic heterocycles. The highest BCUT2D eigenvalue weighted by Crippen LogP contribution is 2.31. The fourth-order valence-corrected chi connectivity index (χ4v) is 5.93. The van der Waals surface area contributed by atoms with Crippen LogP contribution in [0.2, 0.25) is 0 Å². The minimum Gasteiger partial charge on any atom is -0.315 e. The van der Waals surface area contributed by atoms with Crippen LogP contribution in [-0.4, -0.2) is 15.5 Å².